The molecule has 0 unspecified atom stereocenters. The van der Waals surface area contributed by atoms with Crippen molar-refractivity contribution >= 4 is 15.8 Å². The zero-order valence-electron chi connectivity index (χ0n) is 18.4. The Bertz CT molecular complexity index is 1000. The van der Waals surface area contributed by atoms with Gasteiger partial charge in [0, 0.05) is 37.9 Å². The number of benzene rings is 2. The number of hydrogen-bond acceptors (Lipinski definition) is 5. The molecule has 6 nitrogen and oxygen atoms in total. The Kier molecular flexibility index (Phi) is 6.86. The average molecular weight is 463 g/mol. The molecule has 2 aromatic rings. The Labute approximate surface area is 189 Å². The molecule has 5 rings (SSSR count). The SMILES string of the molecule is CS(=O)(=O)O.Fc1ccc(N2CCN(C3CCC4(CC3)OCc3ccccc34)CC2)cc1. The van der Waals surface area contributed by atoms with Crippen molar-refractivity contribution in [2.45, 2.75) is 43.9 Å². The van der Waals surface area contributed by atoms with E-state index in [0.29, 0.717) is 12.3 Å². The first-order valence-electron chi connectivity index (χ1n) is 11.1. The second-order valence-electron chi connectivity index (χ2n) is 8.90. The average Bonchev–Trinajstić information content (AvgIpc) is 3.12. The van der Waals surface area contributed by atoms with Gasteiger partial charge in [-0.2, -0.15) is 8.42 Å². The molecule has 1 spiro atoms. The predicted molar refractivity (Wildman–Crippen MR) is 123 cm³/mol. The Balaban J connectivity index is 0.000000444. The smallest absolute Gasteiger partial charge is 0.261 e. The Morgan fingerprint density at radius 1 is 1.00 bits per heavy atom. The summed E-state index contributed by atoms with van der Waals surface area (Å²) in [5.41, 5.74) is 3.92. The van der Waals surface area contributed by atoms with Gasteiger partial charge in [0.05, 0.1) is 18.5 Å². The maximum atomic E-state index is 13.1. The minimum Gasteiger partial charge on any atom is -0.369 e. The number of nitrogens with zero attached hydrogens (tertiary/aromatic N) is 2. The van der Waals surface area contributed by atoms with Crippen LogP contribution in [0.25, 0.3) is 0 Å². The van der Waals surface area contributed by atoms with E-state index in [9.17, 15) is 12.8 Å². The summed E-state index contributed by atoms with van der Waals surface area (Å²) in [5.74, 6) is -0.163. The molecule has 2 aromatic carbocycles. The van der Waals surface area contributed by atoms with Crippen molar-refractivity contribution in [2.75, 3.05) is 37.3 Å². The van der Waals surface area contributed by atoms with E-state index >= 15 is 0 Å². The topological polar surface area (TPSA) is 70.1 Å². The summed E-state index contributed by atoms with van der Waals surface area (Å²) < 4.78 is 45.3. The van der Waals surface area contributed by atoms with Crippen molar-refractivity contribution in [3.63, 3.8) is 0 Å². The minimum atomic E-state index is -3.67. The zero-order chi connectivity index (χ0) is 22.8. The van der Waals surface area contributed by atoms with Crippen molar-refractivity contribution in [1.29, 1.82) is 0 Å². The fourth-order valence-electron chi connectivity index (χ4n) is 5.23. The van der Waals surface area contributed by atoms with Gasteiger partial charge in [-0.3, -0.25) is 9.45 Å². The van der Waals surface area contributed by atoms with Crippen molar-refractivity contribution in [3.05, 3.63) is 65.5 Å². The van der Waals surface area contributed by atoms with Crippen molar-refractivity contribution in [3.8, 4) is 0 Å². The third kappa shape index (κ3) is 5.49. The lowest BCUT2D eigenvalue weighted by Gasteiger charge is -2.45. The van der Waals surface area contributed by atoms with E-state index in [1.165, 1.54) is 24.0 Å². The normalized spacial score (nSPS) is 25.8. The molecule has 2 fully saturated rings. The van der Waals surface area contributed by atoms with Gasteiger partial charge >= 0.3 is 0 Å². The van der Waals surface area contributed by atoms with E-state index in [2.05, 4.69) is 34.1 Å². The van der Waals surface area contributed by atoms with Crippen LogP contribution in [0.2, 0.25) is 0 Å². The molecule has 1 saturated heterocycles. The van der Waals surface area contributed by atoms with E-state index < -0.39 is 10.1 Å². The number of halogens is 1. The van der Waals surface area contributed by atoms with Gasteiger partial charge < -0.3 is 9.64 Å². The Morgan fingerprint density at radius 2 is 1.59 bits per heavy atom. The molecule has 32 heavy (non-hydrogen) atoms. The highest BCUT2D eigenvalue weighted by Crippen LogP contribution is 2.47. The summed E-state index contributed by atoms with van der Waals surface area (Å²) in [6.45, 7) is 5.00. The highest BCUT2D eigenvalue weighted by Gasteiger charge is 2.43. The van der Waals surface area contributed by atoms with Crippen LogP contribution in [0, 0.1) is 5.82 Å². The van der Waals surface area contributed by atoms with E-state index in [0.717, 1.165) is 51.3 Å². The lowest BCUT2D eigenvalue weighted by molar-refractivity contribution is -0.0777. The van der Waals surface area contributed by atoms with Gasteiger partial charge in [0.25, 0.3) is 10.1 Å². The minimum absolute atomic E-state index is 0.0248. The first kappa shape index (κ1) is 23.2. The van der Waals surface area contributed by atoms with Crippen molar-refractivity contribution in [2.24, 2.45) is 0 Å². The number of fused-ring (bicyclic) bond motifs is 2. The van der Waals surface area contributed by atoms with Gasteiger partial charge in [-0.1, -0.05) is 24.3 Å². The van der Waals surface area contributed by atoms with Crippen LogP contribution in [0.3, 0.4) is 0 Å². The van der Waals surface area contributed by atoms with Crippen LogP contribution in [0.4, 0.5) is 10.1 Å². The largest absolute Gasteiger partial charge is 0.369 e. The monoisotopic (exact) mass is 462 g/mol. The first-order chi connectivity index (χ1) is 15.2. The molecular weight excluding hydrogens is 431 g/mol. The van der Waals surface area contributed by atoms with Crippen LogP contribution in [0.15, 0.2) is 48.5 Å². The van der Waals surface area contributed by atoms with E-state index in [1.54, 1.807) is 12.1 Å². The van der Waals surface area contributed by atoms with Gasteiger partial charge in [0.15, 0.2) is 0 Å². The third-order valence-corrected chi connectivity index (χ3v) is 6.80. The summed E-state index contributed by atoms with van der Waals surface area (Å²) in [4.78, 5) is 5.03. The molecule has 1 N–H and O–H groups in total. The quantitative estimate of drug-likeness (QED) is 0.685. The molecule has 0 radical (unpaired) electrons. The van der Waals surface area contributed by atoms with Gasteiger partial charge in [-0.05, 0) is 61.1 Å². The first-order valence-corrected chi connectivity index (χ1v) is 13.0. The Hall–Kier alpha value is -2.00. The summed E-state index contributed by atoms with van der Waals surface area (Å²) in [6, 6.07) is 16.3. The molecule has 0 amide bonds. The van der Waals surface area contributed by atoms with Crippen molar-refractivity contribution in [1.82, 2.24) is 4.90 Å². The van der Waals surface area contributed by atoms with Gasteiger partial charge in [-0.25, -0.2) is 4.39 Å². The fraction of sp³-hybridized carbons (Fsp3) is 0.500. The van der Waals surface area contributed by atoms with E-state index in [1.807, 2.05) is 12.1 Å². The molecular formula is C24H31FN2O4S. The van der Waals surface area contributed by atoms with Gasteiger partial charge in [0.2, 0.25) is 0 Å². The number of rotatable bonds is 2. The van der Waals surface area contributed by atoms with Crippen LogP contribution < -0.4 is 4.90 Å². The second kappa shape index (κ2) is 9.47. The molecule has 174 valence electrons. The molecule has 8 heteroatoms. The highest BCUT2D eigenvalue weighted by atomic mass is 32.2. The molecule has 0 aromatic heterocycles. The lowest BCUT2D eigenvalue weighted by atomic mass is 9.77. The summed E-state index contributed by atoms with van der Waals surface area (Å²) in [7, 11) is -3.67. The highest BCUT2D eigenvalue weighted by molar-refractivity contribution is 7.85. The van der Waals surface area contributed by atoms with Crippen LogP contribution in [-0.2, 0) is 27.1 Å². The number of piperazine rings is 1. The van der Waals surface area contributed by atoms with Gasteiger partial charge in [0.1, 0.15) is 5.82 Å². The maximum Gasteiger partial charge on any atom is 0.261 e. The lowest BCUT2D eigenvalue weighted by Crippen LogP contribution is -2.52. The fourth-order valence-corrected chi connectivity index (χ4v) is 5.23. The zero-order valence-corrected chi connectivity index (χ0v) is 19.2. The second-order valence-corrected chi connectivity index (χ2v) is 10.4. The predicted octanol–water partition coefficient (Wildman–Crippen LogP) is 3.82. The Morgan fingerprint density at radius 3 is 2.22 bits per heavy atom. The van der Waals surface area contributed by atoms with Crippen molar-refractivity contribution < 1.29 is 22.1 Å². The molecule has 1 saturated carbocycles. The van der Waals surface area contributed by atoms with Crippen LogP contribution in [0.5, 0.6) is 0 Å². The molecule has 3 aliphatic rings. The summed E-state index contributed by atoms with van der Waals surface area (Å²) in [6.07, 6.45) is 5.41. The molecule has 2 aliphatic heterocycles. The number of ether oxygens (including phenoxy) is 1. The van der Waals surface area contributed by atoms with Gasteiger partial charge in [-0.15, -0.1) is 0 Å². The third-order valence-electron chi connectivity index (χ3n) is 6.80. The van der Waals surface area contributed by atoms with Crippen LogP contribution >= 0.6 is 0 Å². The number of hydrogen-bond donors (Lipinski definition) is 1. The van der Waals surface area contributed by atoms with E-state index in [4.69, 9.17) is 9.29 Å². The van der Waals surface area contributed by atoms with Crippen LogP contribution in [0.1, 0.15) is 36.8 Å². The molecule has 2 heterocycles. The summed E-state index contributed by atoms with van der Waals surface area (Å²) in [5, 5.41) is 0. The van der Waals surface area contributed by atoms with E-state index in [-0.39, 0.29) is 11.4 Å². The molecule has 0 bridgehead atoms. The summed E-state index contributed by atoms with van der Waals surface area (Å²) >= 11 is 0. The molecule has 0 atom stereocenters. The van der Waals surface area contributed by atoms with Crippen LogP contribution in [-0.4, -0.2) is 56.3 Å². The molecule has 1 aliphatic carbocycles. The number of anilines is 1. The maximum absolute atomic E-state index is 13.1. The standard InChI is InChI=1S/C23H27FN2O.CH4O3S/c24-19-5-7-20(8-6-19)25-13-15-26(16-14-25)21-9-11-23(12-10-21)22-4-2-1-3-18(22)17-27-23;1-5(2,3)4/h1-8,21H,9-17H2;1H3,(H,2,3,4).